The van der Waals surface area contributed by atoms with Crippen LogP contribution in [0.3, 0.4) is 0 Å². The highest BCUT2D eigenvalue weighted by atomic mass is 127. The van der Waals surface area contributed by atoms with Gasteiger partial charge in [-0.3, -0.25) is 0 Å². The monoisotopic (exact) mass is 500 g/mol. The molecule has 0 bridgehead atoms. The van der Waals surface area contributed by atoms with E-state index in [0.29, 0.717) is 24.5 Å². The summed E-state index contributed by atoms with van der Waals surface area (Å²) in [7, 11) is 0. The molecule has 0 spiro atoms. The maximum Gasteiger partial charge on any atom is 0.194 e. The molecule has 0 unspecified atom stereocenters. The lowest BCUT2D eigenvalue weighted by molar-refractivity contribution is 0.203. The Hall–Kier alpha value is -1.02. The van der Waals surface area contributed by atoms with Crippen LogP contribution in [-0.2, 0) is 6.54 Å². The van der Waals surface area contributed by atoms with Crippen LogP contribution < -0.4 is 10.2 Å². The van der Waals surface area contributed by atoms with Crippen molar-refractivity contribution < 1.29 is 5.11 Å². The smallest absolute Gasteiger partial charge is 0.194 e. The predicted molar refractivity (Wildman–Crippen MR) is 129 cm³/mol. The number of aliphatic hydroxyl groups excluding tert-OH is 1. The van der Waals surface area contributed by atoms with Gasteiger partial charge in [-0.2, -0.15) is 0 Å². The highest BCUT2D eigenvalue weighted by Gasteiger charge is 2.30. The van der Waals surface area contributed by atoms with Crippen LogP contribution in [0.4, 0.5) is 5.69 Å². The Balaban J connectivity index is 0.00000280. The molecule has 2 heterocycles. The molecule has 2 N–H and O–H groups in total. The minimum Gasteiger partial charge on any atom is -0.396 e. The normalized spacial score (nSPS) is 20.2. The van der Waals surface area contributed by atoms with Gasteiger partial charge in [-0.1, -0.05) is 26.0 Å². The number of benzene rings is 1. The molecule has 0 aliphatic carbocycles. The van der Waals surface area contributed by atoms with Crippen LogP contribution >= 0.6 is 24.0 Å². The summed E-state index contributed by atoms with van der Waals surface area (Å²) in [6.45, 7) is 13.0. The molecule has 28 heavy (non-hydrogen) atoms. The lowest BCUT2D eigenvalue weighted by Gasteiger charge is -2.32. The van der Waals surface area contributed by atoms with Crippen molar-refractivity contribution in [2.24, 2.45) is 16.3 Å². The zero-order valence-corrected chi connectivity index (χ0v) is 20.0. The number of anilines is 1. The second-order valence-corrected chi connectivity index (χ2v) is 8.79. The average molecular weight is 500 g/mol. The molecule has 1 aromatic rings. The summed E-state index contributed by atoms with van der Waals surface area (Å²) in [5, 5.41) is 12.7. The van der Waals surface area contributed by atoms with Gasteiger partial charge in [0.1, 0.15) is 0 Å². The molecule has 158 valence electrons. The molecule has 2 aliphatic rings. The molecule has 5 nitrogen and oxygen atoms in total. The number of likely N-dealkylation sites (tertiary alicyclic amines) is 1. The van der Waals surface area contributed by atoms with E-state index in [1.54, 1.807) is 0 Å². The first-order chi connectivity index (χ1) is 13.0. The van der Waals surface area contributed by atoms with Crippen LogP contribution in [-0.4, -0.2) is 55.3 Å². The van der Waals surface area contributed by atoms with E-state index in [1.807, 2.05) is 0 Å². The third-order valence-corrected chi connectivity index (χ3v) is 5.90. The van der Waals surface area contributed by atoms with E-state index < -0.39 is 0 Å². The number of hydrogen-bond acceptors (Lipinski definition) is 3. The first kappa shape index (κ1) is 23.3. The first-order valence-electron chi connectivity index (χ1n) is 10.5. The standard InChI is InChI=1S/C22H36N4O.HI/c1-4-23-21(26-14-11-22(2,3)17-26)24-15-18-5-7-20(8-6-18)25-12-9-19(16-27)10-13-25;/h5-8,19,27H,4,9-17H2,1-3H3,(H,23,24);1H. The molecular formula is C22H37IN4O. The second kappa shape index (κ2) is 10.7. The summed E-state index contributed by atoms with van der Waals surface area (Å²) in [6.07, 6.45) is 3.39. The molecule has 2 fully saturated rings. The lowest BCUT2D eigenvalue weighted by Crippen LogP contribution is -2.40. The zero-order valence-electron chi connectivity index (χ0n) is 17.7. The molecule has 6 heteroatoms. The van der Waals surface area contributed by atoms with Crippen molar-refractivity contribution in [3.05, 3.63) is 29.8 Å². The van der Waals surface area contributed by atoms with E-state index in [0.717, 1.165) is 51.5 Å². The van der Waals surface area contributed by atoms with Crippen LogP contribution in [0.2, 0.25) is 0 Å². The van der Waals surface area contributed by atoms with E-state index in [4.69, 9.17) is 4.99 Å². The summed E-state index contributed by atoms with van der Waals surface area (Å²) >= 11 is 0. The summed E-state index contributed by atoms with van der Waals surface area (Å²) in [5.41, 5.74) is 2.91. The van der Waals surface area contributed by atoms with Crippen LogP contribution in [0.25, 0.3) is 0 Å². The van der Waals surface area contributed by atoms with E-state index in [-0.39, 0.29) is 24.0 Å². The van der Waals surface area contributed by atoms with Crippen LogP contribution in [0.15, 0.2) is 29.3 Å². The summed E-state index contributed by atoms with van der Waals surface area (Å²) in [5.74, 6) is 1.52. The topological polar surface area (TPSA) is 51.1 Å². The maximum absolute atomic E-state index is 9.29. The Kier molecular flexibility index (Phi) is 8.86. The number of rotatable bonds is 5. The highest BCUT2D eigenvalue weighted by Crippen LogP contribution is 2.29. The Morgan fingerprint density at radius 1 is 1.18 bits per heavy atom. The molecule has 0 radical (unpaired) electrons. The van der Waals surface area contributed by atoms with E-state index >= 15 is 0 Å². The largest absolute Gasteiger partial charge is 0.396 e. The van der Waals surface area contributed by atoms with Gasteiger partial charge in [0.05, 0.1) is 6.54 Å². The molecule has 0 atom stereocenters. The SMILES string of the molecule is CCNC(=NCc1ccc(N2CCC(CO)CC2)cc1)N1CCC(C)(C)C1.I. The van der Waals surface area contributed by atoms with Crippen molar-refractivity contribution in [3.63, 3.8) is 0 Å². The van der Waals surface area contributed by atoms with Gasteiger partial charge in [-0.25, -0.2) is 4.99 Å². The Morgan fingerprint density at radius 3 is 2.39 bits per heavy atom. The Bertz CT molecular complexity index is 624. The minimum absolute atomic E-state index is 0. The number of piperidine rings is 1. The highest BCUT2D eigenvalue weighted by molar-refractivity contribution is 14.0. The predicted octanol–water partition coefficient (Wildman–Crippen LogP) is 3.71. The third kappa shape index (κ3) is 6.24. The molecule has 0 amide bonds. The first-order valence-corrected chi connectivity index (χ1v) is 10.5. The lowest BCUT2D eigenvalue weighted by atomic mass is 9.93. The van der Waals surface area contributed by atoms with Crippen molar-refractivity contribution in [2.45, 2.75) is 46.6 Å². The van der Waals surface area contributed by atoms with Crippen LogP contribution in [0.1, 0.15) is 45.6 Å². The number of nitrogens with zero attached hydrogens (tertiary/aromatic N) is 3. The van der Waals surface area contributed by atoms with E-state index in [2.05, 4.69) is 60.2 Å². The van der Waals surface area contributed by atoms with Crippen molar-refractivity contribution in [2.75, 3.05) is 44.2 Å². The fraction of sp³-hybridized carbons (Fsp3) is 0.682. The fourth-order valence-electron chi connectivity index (χ4n) is 4.07. The molecular weight excluding hydrogens is 463 g/mol. The van der Waals surface area contributed by atoms with E-state index in [1.165, 1.54) is 17.7 Å². The van der Waals surface area contributed by atoms with Crippen molar-refractivity contribution in [1.82, 2.24) is 10.2 Å². The van der Waals surface area contributed by atoms with Gasteiger partial charge in [0.2, 0.25) is 0 Å². The third-order valence-electron chi connectivity index (χ3n) is 5.90. The van der Waals surface area contributed by atoms with Gasteiger partial charge >= 0.3 is 0 Å². The van der Waals surface area contributed by atoms with Gasteiger partial charge in [0.25, 0.3) is 0 Å². The number of halogens is 1. The molecule has 0 aromatic heterocycles. The summed E-state index contributed by atoms with van der Waals surface area (Å²) < 4.78 is 0. The molecule has 1 aromatic carbocycles. The second-order valence-electron chi connectivity index (χ2n) is 8.79. The zero-order chi connectivity index (χ0) is 19.3. The number of aliphatic hydroxyl groups is 1. The number of nitrogens with one attached hydrogen (secondary N) is 1. The molecule has 2 aliphatic heterocycles. The number of aliphatic imine (C=N–C) groups is 1. The molecule has 2 saturated heterocycles. The molecule has 0 saturated carbocycles. The summed E-state index contributed by atoms with van der Waals surface area (Å²) in [6, 6.07) is 8.84. The fourth-order valence-corrected chi connectivity index (χ4v) is 4.07. The van der Waals surface area contributed by atoms with Gasteiger partial charge < -0.3 is 20.2 Å². The maximum atomic E-state index is 9.29. The van der Waals surface area contributed by atoms with Gasteiger partial charge in [0.15, 0.2) is 5.96 Å². The van der Waals surface area contributed by atoms with E-state index in [9.17, 15) is 5.11 Å². The quantitative estimate of drug-likeness (QED) is 0.368. The minimum atomic E-state index is 0. The number of hydrogen-bond donors (Lipinski definition) is 2. The molecule has 3 rings (SSSR count). The van der Waals surface area contributed by atoms with Crippen molar-refractivity contribution in [3.8, 4) is 0 Å². The van der Waals surface area contributed by atoms with Crippen LogP contribution in [0, 0.1) is 11.3 Å². The van der Waals surface area contributed by atoms with Crippen LogP contribution in [0.5, 0.6) is 0 Å². The average Bonchev–Trinajstić information content (AvgIpc) is 3.05. The summed E-state index contributed by atoms with van der Waals surface area (Å²) in [4.78, 5) is 9.70. The van der Waals surface area contributed by atoms with Gasteiger partial charge in [-0.05, 0) is 55.2 Å². The van der Waals surface area contributed by atoms with Crippen molar-refractivity contribution in [1.29, 1.82) is 0 Å². The number of guanidine groups is 1. The Morgan fingerprint density at radius 2 is 1.86 bits per heavy atom. The van der Waals surface area contributed by atoms with Crippen molar-refractivity contribution >= 4 is 35.6 Å². The Labute approximate surface area is 187 Å². The van der Waals surface area contributed by atoms with Gasteiger partial charge in [0, 0.05) is 45.0 Å². The van der Waals surface area contributed by atoms with Gasteiger partial charge in [-0.15, -0.1) is 24.0 Å².